The lowest BCUT2D eigenvalue weighted by Crippen LogP contribution is -1.79. The van der Waals surface area contributed by atoms with Crippen LogP contribution < -0.4 is 0 Å². The van der Waals surface area contributed by atoms with Gasteiger partial charge < -0.3 is 0 Å². The molecule has 54 valence electrons. The lowest BCUT2D eigenvalue weighted by Gasteiger charge is -1.94. The van der Waals surface area contributed by atoms with Crippen LogP contribution in [0.2, 0.25) is 0 Å². The molecule has 0 spiro atoms. The topological polar surface area (TPSA) is 25.8 Å². The van der Waals surface area contributed by atoms with Crippen LogP contribution in [0.5, 0.6) is 0 Å². The van der Waals surface area contributed by atoms with Gasteiger partial charge in [0.2, 0.25) is 0 Å². The average Bonchev–Trinajstić information content (AvgIpc) is 2.04. The monoisotopic (exact) mass is 162 g/mol. The minimum absolute atomic E-state index is 0.950. The zero-order chi connectivity index (χ0) is 7.68. The Balaban J connectivity index is 2.83. The first-order chi connectivity index (χ1) is 5.36. The second kappa shape index (κ2) is 2.51. The van der Waals surface area contributed by atoms with Crippen LogP contribution in [0.4, 0.5) is 0 Å². The summed E-state index contributed by atoms with van der Waals surface area (Å²) in [7, 11) is 0. The van der Waals surface area contributed by atoms with Crippen LogP contribution in [-0.4, -0.2) is 10.2 Å². The van der Waals surface area contributed by atoms with E-state index in [1.807, 2.05) is 18.2 Å². The highest BCUT2D eigenvalue weighted by molar-refractivity contribution is 7.80. The fourth-order valence-corrected chi connectivity index (χ4v) is 1.20. The molecule has 0 amide bonds. The van der Waals surface area contributed by atoms with Crippen LogP contribution in [0.25, 0.3) is 10.8 Å². The molecular weight excluding hydrogens is 156 g/mol. The number of thiol groups is 1. The summed E-state index contributed by atoms with van der Waals surface area (Å²) in [6.45, 7) is 0. The summed E-state index contributed by atoms with van der Waals surface area (Å²) < 4.78 is 0. The van der Waals surface area contributed by atoms with Crippen LogP contribution in [0.15, 0.2) is 35.5 Å². The quantitative estimate of drug-likeness (QED) is 0.599. The smallest absolute Gasteiger partial charge is 0.0575 e. The van der Waals surface area contributed by atoms with Gasteiger partial charge in [0, 0.05) is 15.7 Å². The Labute approximate surface area is 69.7 Å². The molecule has 0 saturated heterocycles. The lowest BCUT2D eigenvalue weighted by atomic mass is 10.2. The van der Waals surface area contributed by atoms with E-state index in [1.165, 1.54) is 0 Å². The summed E-state index contributed by atoms with van der Waals surface area (Å²) in [5.41, 5.74) is 0. The number of hydrogen-bond donors (Lipinski definition) is 1. The van der Waals surface area contributed by atoms with Gasteiger partial charge in [-0.15, -0.1) is 12.6 Å². The largest absolute Gasteiger partial charge is 0.158 e. The van der Waals surface area contributed by atoms with E-state index in [1.54, 1.807) is 12.4 Å². The zero-order valence-electron chi connectivity index (χ0n) is 5.73. The van der Waals surface area contributed by atoms with Gasteiger partial charge >= 0.3 is 0 Å². The molecule has 0 radical (unpaired) electrons. The Bertz CT molecular complexity index is 387. The number of fused-ring (bicyclic) bond motifs is 1. The summed E-state index contributed by atoms with van der Waals surface area (Å²) in [6.07, 6.45) is 3.47. The van der Waals surface area contributed by atoms with Gasteiger partial charge in [-0.2, -0.15) is 10.2 Å². The maximum Gasteiger partial charge on any atom is 0.0575 e. The van der Waals surface area contributed by atoms with Gasteiger partial charge in [-0.25, -0.2) is 0 Å². The molecule has 0 aliphatic carbocycles. The van der Waals surface area contributed by atoms with Crippen molar-refractivity contribution in [2.75, 3.05) is 0 Å². The van der Waals surface area contributed by atoms with Crippen LogP contribution in [0, 0.1) is 0 Å². The molecule has 0 bridgehead atoms. The lowest BCUT2D eigenvalue weighted by molar-refractivity contribution is 1.05. The molecule has 0 unspecified atom stereocenters. The number of benzene rings is 1. The molecule has 0 aliphatic heterocycles. The van der Waals surface area contributed by atoms with Crippen molar-refractivity contribution < 1.29 is 0 Å². The molecule has 1 aromatic heterocycles. The molecule has 0 aliphatic rings. The summed E-state index contributed by atoms with van der Waals surface area (Å²) in [5, 5.41) is 9.71. The fourth-order valence-electron chi connectivity index (χ4n) is 0.983. The standard InChI is InChI=1S/C8H6N2S/c11-8-2-1-6-4-9-10-5-7(6)3-8/h1-5,11H. The number of hydrogen-bond acceptors (Lipinski definition) is 3. The Hall–Kier alpha value is -1.09. The van der Waals surface area contributed by atoms with Gasteiger partial charge in [-0.3, -0.25) is 0 Å². The molecule has 11 heavy (non-hydrogen) atoms. The molecule has 3 heteroatoms. The Morgan fingerprint density at radius 3 is 2.55 bits per heavy atom. The Kier molecular flexibility index (Phi) is 1.51. The van der Waals surface area contributed by atoms with Gasteiger partial charge in [-0.05, 0) is 12.1 Å². The van der Waals surface area contributed by atoms with Crippen molar-refractivity contribution in [2.45, 2.75) is 4.90 Å². The van der Waals surface area contributed by atoms with Crippen LogP contribution in [0.3, 0.4) is 0 Å². The SMILES string of the molecule is Sc1ccc2cnncc2c1. The van der Waals surface area contributed by atoms with E-state index < -0.39 is 0 Å². The van der Waals surface area contributed by atoms with E-state index in [9.17, 15) is 0 Å². The predicted molar refractivity (Wildman–Crippen MR) is 46.8 cm³/mol. The van der Waals surface area contributed by atoms with Gasteiger partial charge in [0.25, 0.3) is 0 Å². The summed E-state index contributed by atoms with van der Waals surface area (Å²) in [5.74, 6) is 0. The van der Waals surface area contributed by atoms with E-state index in [0.717, 1.165) is 15.7 Å². The Morgan fingerprint density at radius 2 is 1.73 bits per heavy atom. The highest BCUT2D eigenvalue weighted by Gasteiger charge is 1.91. The van der Waals surface area contributed by atoms with Gasteiger partial charge in [-0.1, -0.05) is 6.07 Å². The molecule has 1 aromatic carbocycles. The third-order valence-corrected chi connectivity index (χ3v) is 1.81. The summed E-state index contributed by atoms with van der Waals surface area (Å²) in [4.78, 5) is 0.950. The molecule has 0 saturated carbocycles. The molecule has 0 N–H and O–H groups in total. The van der Waals surface area contributed by atoms with Crippen molar-refractivity contribution in [3.8, 4) is 0 Å². The molecular formula is C8H6N2S. The van der Waals surface area contributed by atoms with Crippen LogP contribution in [-0.2, 0) is 0 Å². The van der Waals surface area contributed by atoms with Crippen LogP contribution >= 0.6 is 12.6 Å². The first kappa shape index (κ1) is 6.61. The predicted octanol–water partition coefficient (Wildman–Crippen LogP) is 1.92. The van der Waals surface area contributed by atoms with Crippen molar-refractivity contribution in [2.24, 2.45) is 0 Å². The third kappa shape index (κ3) is 1.19. The highest BCUT2D eigenvalue weighted by atomic mass is 32.1. The van der Waals surface area contributed by atoms with Crippen molar-refractivity contribution in [1.29, 1.82) is 0 Å². The fraction of sp³-hybridized carbons (Fsp3) is 0. The minimum atomic E-state index is 0.950. The maximum absolute atomic E-state index is 4.21. The van der Waals surface area contributed by atoms with Crippen molar-refractivity contribution in [3.63, 3.8) is 0 Å². The van der Waals surface area contributed by atoms with E-state index in [4.69, 9.17) is 0 Å². The zero-order valence-corrected chi connectivity index (χ0v) is 6.62. The average molecular weight is 162 g/mol. The Morgan fingerprint density at radius 1 is 1.00 bits per heavy atom. The first-order valence-corrected chi connectivity index (χ1v) is 3.70. The van der Waals surface area contributed by atoms with Crippen LogP contribution in [0.1, 0.15) is 0 Å². The van der Waals surface area contributed by atoms with Gasteiger partial charge in [0.05, 0.1) is 12.4 Å². The molecule has 0 fully saturated rings. The minimum Gasteiger partial charge on any atom is -0.158 e. The van der Waals surface area contributed by atoms with Crippen molar-refractivity contribution in [1.82, 2.24) is 10.2 Å². The number of rotatable bonds is 0. The first-order valence-electron chi connectivity index (χ1n) is 3.26. The van der Waals surface area contributed by atoms with E-state index in [2.05, 4.69) is 22.8 Å². The highest BCUT2D eigenvalue weighted by Crippen LogP contribution is 2.15. The van der Waals surface area contributed by atoms with Crippen molar-refractivity contribution >= 4 is 23.4 Å². The van der Waals surface area contributed by atoms with Gasteiger partial charge in [0.1, 0.15) is 0 Å². The second-order valence-corrected chi connectivity index (χ2v) is 2.82. The van der Waals surface area contributed by atoms with E-state index in [-0.39, 0.29) is 0 Å². The summed E-state index contributed by atoms with van der Waals surface area (Å²) in [6, 6.07) is 5.88. The van der Waals surface area contributed by atoms with Crippen molar-refractivity contribution in [3.05, 3.63) is 30.6 Å². The molecule has 2 rings (SSSR count). The number of nitrogens with zero attached hydrogens (tertiary/aromatic N) is 2. The normalized spacial score (nSPS) is 10.3. The number of aromatic nitrogens is 2. The summed E-state index contributed by atoms with van der Waals surface area (Å²) >= 11 is 4.21. The maximum atomic E-state index is 4.21. The molecule has 2 aromatic rings. The molecule has 2 nitrogen and oxygen atoms in total. The van der Waals surface area contributed by atoms with E-state index >= 15 is 0 Å². The van der Waals surface area contributed by atoms with Gasteiger partial charge in [0.15, 0.2) is 0 Å². The molecule has 1 heterocycles. The third-order valence-electron chi connectivity index (χ3n) is 1.53. The second-order valence-electron chi connectivity index (χ2n) is 2.30. The van der Waals surface area contributed by atoms with E-state index in [0.29, 0.717) is 0 Å². The molecule has 0 atom stereocenters.